The van der Waals surface area contributed by atoms with Crippen molar-refractivity contribution in [1.82, 2.24) is 10.2 Å². The monoisotopic (exact) mass is 292 g/mol. The fraction of sp³-hybridized carbons (Fsp3) is 0.667. The molecule has 0 aliphatic heterocycles. The van der Waals surface area contributed by atoms with Crippen LogP contribution in [0.25, 0.3) is 0 Å². The van der Waals surface area contributed by atoms with Crippen LogP contribution in [0.3, 0.4) is 0 Å². The average molecular weight is 292 g/mol. The molecule has 0 heterocycles. The molecule has 0 spiro atoms. The zero-order chi connectivity index (χ0) is 16.0. The van der Waals surface area contributed by atoms with E-state index in [1.165, 1.54) is 11.1 Å². The molecule has 3 heteroatoms. The van der Waals surface area contributed by atoms with E-state index in [0.717, 1.165) is 25.4 Å². The molecule has 0 aliphatic rings. The Kier molecular flexibility index (Phi) is 6.69. The Morgan fingerprint density at radius 1 is 1.24 bits per heavy atom. The minimum absolute atomic E-state index is 0.133. The van der Waals surface area contributed by atoms with Gasteiger partial charge in [0.1, 0.15) is 5.75 Å². The molecular formula is C18H32N2O. The van der Waals surface area contributed by atoms with Gasteiger partial charge in [-0.25, -0.2) is 0 Å². The average Bonchev–Trinajstić information content (AvgIpc) is 2.34. The molecular weight excluding hydrogens is 260 g/mol. The van der Waals surface area contributed by atoms with E-state index in [-0.39, 0.29) is 5.54 Å². The molecule has 1 N–H and O–H groups in total. The Balaban J connectivity index is 2.80. The van der Waals surface area contributed by atoms with E-state index in [9.17, 15) is 0 Å². The predicted molar refractivity (Wildman–Crippen MR) is 90.8 cm³/mol. The molecule has 0 fully saturated rings. The molecule has 0 saturated carbocycles. The minimum atomic E-state index is 0.133. The molecule has 3 nitrogen and oxygen atoms in total. The van der Waals surface area contributed by atoms with Crippen LogP contribution in [-0.4, -0.2) is 31.1 Å². The van der Waals surface area contributed by atoms with Crippen LogP contribution in [-0.2, 0) is 13.1 Å². The van der Waals surface area contributed by atoms with Crippen molar-refractivity contribution in [2.75, 3.05) is 20.7 Å². The molecule has 0 aromatic heterocycles. The van der Waals surface area contributed by atoms with Gasteiger partial charge in [-0.05, 0) is 51.4 Å². The van der Waals surface area contributed by atoms with Crippen LogP contribution in [0.2, 0.25) is 0 Å². The van der Waals surface area contributed by atoms with Crippen LogP contribution in [0.5, 0.6) is 5.75 Å². The van der Waals surface area contributed by atoms with Gasteiger partial charge in [-0.15, -0.1) is 0 Å². The number of hydrogen-bond acceptors (Lipinski definition) is 3. The highest BCUT2D eigenvalue weighted by Crippen LogP contribution is 2.22. The second-order valence-electron chi connectivity index (χ2n) is 7.34. The maximum atomic E-state index is 5.50. The van der Waals surface area contributed by atoms with Crippen molar-refractivity contribution in [3.8, 4) is 5.75 Å². The highest BCUT2D eigenvalue weighted by Gasteiger charge is 2.11. The fourth-order valence-corrected chi connectivity index (χ4v) is 2.41. The SMILES string of the molecule is COc1ccc(CNC(C)(C)C)cc1CN(C)CC(C)C. The first-order valence-electron chi connectivity index (χ1n) is 7.80. The normalized spacial score (nSPS) is 12.2. The maximum Gasteiger partial charge on any atom is 0.123 e. The summed E-state index contributed by atoms with van der Waals surface area (Å²) < 4.78 is 5.50. The van der Waals surface area contributed by atoms with E-state index in [0.29, 0.717) is 5.92 Å². The van der Waals surface area contributed by atoms with Gasteiger partial charge >= 0.3 is 0 Å². The Morgan fingerprint density at radius 2 is 1.90 bits per heavy atom. The number of rotatable bonds is 7. The molecule has 0 aliphatic carbocycles. The zero-order valence-electron chi connectivity index (χ0n) is 14.8. The summed E-state index contributed by atoms with van der Waals surface area (Å²) in [6.45, 7) is 14.0. The van der Waals surface area contributed by atoms with E-state index in [1.807, 2.05) is 0 Å². The number of methoxy groups -OCH3 is 1. The molecule has 0 bridgehead atoms. The summed E-state index contributed by atoms with van der Waals surface area (Å²) in [5.41, 5.74) is 2.70. The highest BCUT2D eigenvalue weighted by atomic mass is 16.5. The van der Waals surface area contributed by atoms with Crippen LogP contribution >= 0.6 is 0 Å². The molecule has 0 amide bonds. The van der Waals surface area contributed by atoms with E-state index in [2.05, 4.69) is 70.1 Å². The fourth-order valence-electron chi connectivity index (χ4n) is 2.41. The van der Waals surface area contributed by atoms with Crippen molar-refractivity contribution in [2.24, 2.45) is 5.92 Å². The Bertz CT molecular complexity index is 435. The molecule has 0 radical (unpaired) electrons. The number of ether oxygens (including phenoxy) is 1. The van der Waals surface area contributed by atoms with Gasteiger partial charge in [0.25, 0.3) is 0 Å². The maximum absolute atomic E-state index is 5.50. The lowest BCUT2D eigenvalue weighted by atomic mass is 10.1. The van der Waals surface area contributed by atoms with Crippen LogP contribution < -0.4 is 10.1 Å². The van der Waals surface area contributed by atoms with Gasteiger partial charge in [-0.3, -0.25) is 0 Å². The summed E-state index contributed by atoms with van der Waals surface area (Å²) in [6.07, 6.45) is 0. The van der Waals surface area contributed by atoms with Crippen molar-refractivity contribution in [3.63, 3.8) is 0 Å². The lowest BCUT2D eigenvalue weighted by Crippen LogP contribution is -2.35. The lowest BCUT2D eigenvalue weighted by molar-refractivity contribution is 0.282. The van der Waals surface area contributed by atoms with Gasteiger partial charge in [0.15, 0.2) is 0 Å². The van der Waals surface area contributed by atoms with E-state index in [4.69, 9.17) is 4.74 Å². The minimum Gasteiger partial charge on any atom is -0.496 e. The van der Waals surface area contributed by atoms with Crippen LogP contribution in [0.1, 0.15) is 45.7 Å². The van der Waals surface area contributed by atoms with Gasteiger partial charge in [0.2, 0.25) is 0 Å². The molecule has 1 rings (SSSR count). The Labute approximate surface area is 130 Å². The molecule has 0 unspecified atom stereocenters. The first-order chi connectivity index (χ1) is 9.71. The van der Waals surface area contributed by atoms with Crippen molar-refractivity contribution in [2.45, 2.75) is 53.2 Å². The summed E-state index contributed by atoms with van der Waals surface area (Å²) in [6, 6.07) is 6.48. The first-order valence-corrected chi connectivity index (χ1v) is 7.80. The van der Waals surface area contributed by atoms with Gasteiger partial charge < -0.3 is 15.0 Å². The van der Waals surface area contributed by atoms with Gasteiger partial charge in [-0.1, -0.05) is 19.9 Å². The molecule has 1 aromatic rings. The number of nitrogens with one attached hydrogen (secondary N) is 1. The molecule has 0 atom stereocenters. The summed E-state index contributed by atoms with van der Waals surface area (Å²) in [7, 11) is 3.91. The van der Waals surface area contributed by atoms with Gasteiger partial charge in [-0.2, -0.15) is 0 Å². The van der Waals surface area contributed by atoms with E-state index >= 15 is 0 Å². The van der Waals surface area contributed by atoms with Gasteiger partial charge in [0.05, 0.1) is 7.11 Å². The third-order valence-electron chi connectivity index (χ3n) is 3.28. The van der Waals surface area contributed by atoms with Crippen molar-refractivity contribution < 1.29 is 4.74 Å². The summed E-state index contributed by atoms with van der Waals surface area (Å²) >= 11 is 0. The summed E-state index contributed by atoms with van der Waals surface area (Å²) in [5, 5.41) is 3.53. The zero-order valence-corrected chi connectivity index (χ0v) is 14.8. The predicted octanol–water partition coefficient (Wildman–Crippen LogP) is 3.67. The third kappa shape index (κ3) is 6.96. The number of hydrogen-bond donors (Lipinski definition) is 1. The van der Waals surface area contributed by atoms with E-state index < -0.39 is 0 Å². The first kappa shape index (κ1) is 18.0. The Morgan fingerprint density at radius 3 is 2.43 bits per heavy atom. The molecule has 1 aromatic carbocycles. The Hall–Kier alpha value is -1.06. The van der Waals surface area contributed by atoms with Crippen LogP contribution in [0.15, 0.2) is 18.2 Å². The van der Waals surface area contributed by atoms with Crippen molar-refractivity contribution >= 4 is 0 Å². The molecule has 21 heavy (non-hydrogen) atoms. The lowest BCUT2D eigenvalue weighted by Gasteiger charge is -2.23. The summed E-state index contributed by atoms with van der Waals surface area (Å²) in [4.78, 5) is 2.35. The topological polar surface area (TPSA) is 24.5 Å². The molecule has 120 valence electrons. The smallest absolute Gasteiger partial charge is 0.123 e. The van der Waals surface area contributed by atoms with Crippen molar-refractivity contribution in [1.29, 1.82) is 0 Å². The highest BCUT2D eigenvalue weighted by molar-refractivity contribution is 5.37. The van der Waals surface area contributed by atoms with Gasteiger partial charge in [0, 0.05) is 30.7 Å². The number of nitrogens with zero attached hydrogens (tertiary/aromatic N) is 1. The van der Waals surface area contributed by atoms with Crippen molar-refractivity contribution in [3.05, 3.63) is 29.3 Å². The summed E-state index contributed by atoms with van der Waals surface area (Å²) in [5.74, 6) is 1.65. The van der Waals surface area contributed by atoms with Crippen LogP contribution in [0.4, 0.5) is 0 Å². The largest absolute Gasteiger partial charge is 0.496 e. The standard InChI is InChI=1S/C18H32N2O/c1-14(2)12-20(6)13-16-10-15(8-9-17(16)21-7)11-19-18(3,4)5/h8-10,14,19H,11-13H2,1-7H3. The second-order valence-corrected chi connectivity index (χ2v) is 7.34. The third-order valence-corrected chi connectivity index (χ3v) is 3.28. The van der Waals surface area contributed by atoms with Crippen LogP contribution in [0, 0.1) is 5.92 Å². The molecule has 0 saturated heterocycles. The number of benzene rings is 1. The quantitative estimate of drug-likeness (QED) is 0.830. The van der Waals surface area contributed by atoms with E-state index in [1.54, 1.807) is 7.11 Å². The second kappa shape index (κ2) is 7.81.